The van der Waals surface area contributed by atoms with Gasteiger partial charge in [-0.1, -0.05) is 0 Å². The number of rotatable bonds is 2. The van der Waals surface area contributed by atoms with Crippen molar-refractivity contribution in [1.82, 2.24) is 0 Å². The van der Waals surface area contributed by atoms with E-state index in [1.165, 1.54) is 30.2 Å². The fourth-order valence-electron chi connectivity index (χ4n) is 2.26. The zero-order valence-corrected chi connectivity index (χ0v) is 21.4. The molecule has 0 saturated heterocycles. The fourth-order valence-corrected chi connectivity index (χ4v) is 2.26. The van der Waals surface area contributed by atoms with Gasteiger partial charge in [-0.25, -0.2) is 0 Å². The smallest absolute Gasteiger partial charge is 0.273 e. The Balaban J connectivity index is 0.000000525. The van der Waals surface area contributed by atoms with Crippen LogP contribution in [0, 0.1) is 26.1 Å². The third kappa shape index (κ3) is 8.62. The summed E-state index contributed by atoms with van der Waals surface area (Å²) in [5.41, 5.74) is 4.96. The monoisotopic (exact) mass is 616 g/mol. The SMILES string of the molecule is CC1(C)Oc2cc([N+](=O)[O-])ccc2CC1=O.C[C-](C)C.Nc1ccc([N+](=O)[O-])cc1O.[W]. The molecule has 0 bridgehead atoms. The number of nitro benzene ring substituents is 2. The average molecular weight is 616 g/mol. The normalized spacial score (nSPS) is 13.1. The largest absolute Gasteiger partial charge is 0.506 e. The van der Waals surface area contributed by atoms with Crippen molar-refractivity contribution in [3.63, 3.8) is 0 Å². The predicted octanol–water partition coefficient (Wildman–Crippen LogP) is 4.38. The van der Waals surface area contributed by atoms with Gasteiger partial charge in [-0.15, -0.1) is 0 Å². The Morgan fingerprint density at radius 3 is 1.97 bits per heavy atom. The Kier molecular flexibility index (Phi) is 11.0. The average Bonchev–Trinajstić information content (AvgIpc) is 2.64. The van der Waals surface area contributed by atoms with Crippen LogP contribution in [-0.2, 0) is 32.3 Å². The van der Waals surface area contributed by atoms with Crippen LogP contribution in [0.1, 0.15) is 40.2 Å². The summed E-state index contributed by atoms with van der Waals surface area (Å²) in [4.78, 5) is 31.3. The second-order valence-corrected chi connectivity index (χ2v) is 7.76. The third-order valence-electron chi connectivity index (χ3n) is 3.87. The minimum Gasteiger partial charge on any atom is -0.506 e. The standard InChI is InChI=1S/C11H11NO4.C6H6N2O3.C4H9.W/c1-11(2)10(13)5-7-3-4-8(12(14)15)6-9(7)16-11;7-5-2-1-4(8(10)11)3-6(5)9;1-4(2)3;/h3-4,6H,5H2,1-2H3;1-3,9H,7H2;1-3H3;/q;;-1;. The number of benzene rings is 2. The maximum absolute atomic E-state index is 11.6. The summed E-state index contributed by atoms with van der Waals surface area (Å²) < 4.78 is 5.47. The van der Waals surface area contributed by atoms with E-state index in [0.29, 0.717) is 11.3 Å². The molecule has 2 aromatic rings. The van der Waals surface area contributed by atoms with Crippen LogP contribution in [0.2, 0.25) is 0 Å². The van der Waals surface area contributed by atoms with Gasteiger partial charge in [0.25, 0.3) is 11.4 Å². The zero-order valence-electron chi connectivity index (χ0n) is 18.4. The number of hydrogen-bond donors (Lipinski definition) is 2. The molecular weight excluding hydrogens is 590 g/mol. The van der Waals surface area contributed by atoms with Crippen molar-refractivity contribution in [3.8, 4) is 11.5 Å². The van der Waals surface area contributed by atoms with Gasteiger partial charge in [-0.3, -0.25) is 25.0 Å². The topological polar surface area (TPSA) is 159 Å². The third-order valence-corrected chi connectivity index (χ3v) is 3.87. The quantitative estimate of drug-likeness (QED) is 0.165. The number of nitrogen functional groups attached to an aromatic ring is 1. The number of ketones is 1. The van der Waals surface area contributed by atoms with E-state index in [1.807, 2.05) is 0 Å². The maximum Gasteiger partial charge on any atom is 0.273 e. The molecule has 0 saturated carbocycles. The number of Topliss-reactive ketones (excluding diaryl/α,β-unsaturated/α-hetero) is 1. The maximum atomic E-state index is 11.6. The number of ether oxygens (including phenoxy) is 1. The first kappa shape index (κ1) is 29.0. The van der Waals surface area contributed by atoms with Crippen molar-refractivity contribution < 1.29 is 45.5 Å². The van der Waals surface area contributed by atoms with Crippen LogP contribution in [0.15, 0.2) is 36.4 Å². The second-order valence-electron chi connectivity index (χ2n) is 7.76. The molecule has 0 spiro atoms. The molecule has 1 aliphatic rings. The molecule has 3 rings (SSSR count). The van der Waals surface area contributed by atoms with Crippen LogP contribution in [-0.4, -0.2) is 26.3 Å². The first-order valence-corrected chi connectivity index (χ1v) is 9.24. The van der Waals surface area contributed by atoms with E-state index in [2.05, 4.69) is 20.8 Å². The van der Waals surface area contributed by atoms with E-state index in [4.69, 9.17) is 15.6 Å². The van der Waals surface area contributed by atoms with Gasteiger partial charge in [0, 0.05) is 45.2 Å². The molecule has 1 heterocycles. The molecule has 0 aliphatic carbocycles. The van der Waals surface area contributed by atoms with Crippen molar-refractivity contribution in [2.45, 2.75) is 46.6 Å². The van der Waals surface area contributed by atoms with Gasteiger partial charge < -0.3 is 21.5 Å². The molecule has 32 heavy (non-hydrogen) atoms. The van der Waals surface area contributed by atoms with Crippen molar-refractivity contribution in [2.75, 3.05) is 5.73 Å². The number of phenolic OH excluding ortho intramolecular Hbond substituents is 1. The van der Waals surface area contributed by atoms with Crippen LogP contribution in [0.5, 0.6) is 11.5 Å². The van der Waals surface area contributed by atoms with Crippen LogP contribution >= 0.6 is 0 Å². The number of anilines is 1. The first-order valence-electron chi connectivity index (χ1n) is 9.24. The molecule has 3 N–H and O–H groups in total. The second kappa shape index (κ2) is 12.1. The van der Waals surface area contributed by atoms with E-state index >= 15 is 0 Å². The molecule has 0 unspecified atom stereocenters. The summed E-state index contributed by atoms with van der Waals surface area (Å²) >= 11 is 0. The number of aromatic hydroxyl groups is 1. The van der Waals surface area contributed by atoms with Crippen molar-refractivity contribution >= 4 is 22.8 Å². The minimum absolute atomic E-state index is 0. The molecule has 0 atom stereocenters. The van der Waals surface area contributed by atoms with Gasteiger partial charge in [0.2, 0.25) is 0 Å². The van der Waals surface area contributed by atoms with Gasteiger partial charge in [0.15, 0.2) is 11.4 Å². The van der Waals surface area contributed by atoms with Gasteiger partial charge >= 0.3 is 0 Å². The van der Waals surface area contributed by atoms with Gasteiger partial charge in [0.05, 0.1) is 27.7 Å². The number of carbonyl (C=O) groups excluding carboxylic acids is 1. The summed E-state index contributed by atoms with van der Waals surface area (Å²) in [5, 5.41) is 29.6. The number of hydrogen-bond acceptors (Lipinski definition) is 8. The summed E-state index contributed by atoms with van der Waals surface area (Å²) in [6, 6.07) is 7.84. The molecular formula is C21H26N3O7W-. The summed E-state index contributed by atoms with van der Waals surface area (Å²) in [6.45, 7) is 9.58. The van der Waals surface area contributed by atoms with Crippen LogP contribution in [0.4, 0.5) is 17.1 Å². The number of fused-ring (bicyclic) bond motifs is 1. The summed E-state index contributed by atoms with van der Waals surface area (Å²) in [6.07, 6.45) is 0.264. The van der Waals surface area contributed by atoms with Crippen molar-refractivity contribution in [2.24, 2.45) is 0 Å². The van der Waals surface area contributed by atoms with Gasteiger partial charge in [-0.2, -0.15) is 20.8 Å². The Bertz CT molecular complexity index is 975. The molecule has 1 aliphatic heterocycles. The number of nitro groups is 2. The van der Waals surface area contributed by atoms with E-state index in [0.717, 1.165) is 6.07 Å². The molecule has 11 heteroatoms. The Morgan fingerprint density at radius 2 is 1.50 bits per heavy atom. The van der Waals surface area contributed by atoms with Crippen LogP contribution < -0.4 is 10.5 Å². The number of phenols is 1. The van der Waals surface area contributed by atoms with Crippen molar-refractivity contribution in [3.05, 3.63) is 68.1 Å². The van der Waals surface area contributed by atoms with Crippen LogP contribution in [0.25, 0.3) is 0 Å². The van der Waals surface area contributed by atoms with Crippen molar-refractivity contribution in [1.29, 1.82) is 0 Å². The predicted molar refractivity (Wildman–Crippen MR) is 116 cm³/mol. The van der Waals surface area contributed by atoms with E-state index < -0.39 is 15.4 Å². The summed E-state index contributed by atoms with van der Waals surface area (Å²) in [5.74, 6) is 1.56. The summed E-state index contributed by atoms with van der Waals surface area (Å²) in [7, 11) is 0. The van der Waals surface area contributed by atoms with Gasteiger partial charge in [0.1, 0.15) is 11.5 Å². The Hall–Kier alpha value is -3.00. The Morgan fingerprint density at radius 1 is 1.03 bits per heavy atom. The number of nitrogens with zero attached hydrogens (tertiary/aromatic N) is 2. The molecule has 174 valence electrons. The zero-order chi connectivity index (χ0) is 23.9. The van der Waals surface area contributed by atoms with E-state index in [9.17, 15) is 25.0 Å². The fraction of sp³-hybridized carbons (Fsp3) is 0.333. The molecule has 0 amide bonds. The van der Waals surface area contributed by atoms with E-state index in [-0.39, 0.29) is 56.1 Å². The number of non-ortho nitro benzene ring substituents is 2. The van der Waals surface area contributed by atoms with Gasteiger partial charge in [-0.05, 0) is 26.0 Å². The van der Waals surface area contributed by atoms with E-state index in [1.54, 1.807) is 19.9 Å². The number of carbonyl (C=O) groups is 1. The minimum atomic E-state index is -0.901. The molecule has 10 nitrogen and oxygen atoms in total. The molecule has 0 aromatic heterocycles. The molecule has 0 radical (unpaired) electrons. The Labute approximate surface area is 200 Å². The molecule has 2 aromatic carbocycles. The first-order chi connectivity index (χ1) is 14.2. The molecule has 0 fully saturated rings. The van der Waals surface area contributed by atoms with Crippen LogP contribution in [0.3, 0.4) is 0 Å². The number of nitrogens with two attached hydrogens (primary N) is 1.